The Morgan fingerprint density at radius 2 is 2.00 bits per heavy atom. The van der Waals surface area contributed by atoms with Gasteiger partial charge < -0.3 is 19.7 Å². The zero-order valence-corrected chi connectivity index (χ0v) is 21.2. The van der Waals surface area contributed by atoms with Crippen molar-refractivity contribution >= 4 is 74.9 Å². The molecule has 0 aliphatic rings. The molecule has 0 spiro atoms. The van der Waals surface area contributed by atoms with Crippen molar-refractivity contribution in [1.29, 1.82) is 0 Å². The fourth-order valence-corrected chi connectivity index (χ4v) is 3.82. The number of methoxy groups -OCH3 is 1. The maximum atomic E-state index is 12.4. The van der Waals surface area contributed by atoms with Crippen LogP contribution in [0, 0.1) is 6.92 Å². The first-order valence-corrected chi connectivity index (χ1v) is 10.6. The van der Waals surface area contributed by atoms with Gasteiger partial charge in [-0.2, -0.15) is 0 Å². The van der Waals surface area contributed by atoms with Crippen LogP contribution >= 0.6 is 51.5 Å². The summed E-state index contributed by atoms with van der Waals surface area (Å²) in [4.78, 5) is 29.4. The number of nitrogens with one attached hydrogen (secondary N) is 1. The van der Waals surface area contributed by atoms with Crippen molar-refractivity contribution in [3.05, 3.63) is 56.4 Å². The van der Waals surface area contributed by atoms with Crippen LogP contribution in [0.25, 0.3) is 5.65 Å². The molecule has 3 aromatic rings. The zero-order chi connectivity index (χ0) is 22.7. The molecule has 3 rings (SSSR count). The predicted molar refractivity (Wildman–Crippen MR) is 129 cm³/mol. The molecule has 2 aromatic heterocycles. The van der Waals surface area contributed by atoms with Crippen LogP contribution in [0.2, 0.25) is 10.0 Å². The third-order valence-electron chi connectivity index (χ3n) is 4.56. The van der Waals surface area contributed by atoms with Crippen molar-refractivity contribution < 1.29 is 19.1 Å². The topological polar surface area (TPSA) is 85.2 Å². The number of ether oxygens (including phenoxy) is 2. The van der Waals surface area contributed by atoms with E-state index in [2.05, 4.69) is 31.0 Å². The molecule has 1 aromatic carbocycles. The lowest BCUT2D eigenvalue weighted by atomic mass is 10.2. The van der Waals surface area contributed by atoms with E-state index in [9.17, 15) is 9.59 Å². The van der Waals surface area contributed by atoms with Gasteiger partial charge in [0.05, 0.1) is 23.5 Å². The van der Waals surface area contributed by atoms with Crippen LogP contribution in [0.15, 0.2) is 35.1 Å². The molecule has 2 amide bonds. The second-order valence-corrected chi connectivity index (χ2v) is 8.04. The minimum atomic E-state index is -0.701. The first kappa shape index (κ1) is 26.1. The van der Waals surface area contributed by atoms with Crippen LogP contribution in [-0.2, 0) is 16.1 Å². The Morgan fingerprint density at radius 1 is 1.28 bits per heavy atom. The van der Waals surface area contributed by atoms with Crippen molar-refractivity contribution in [3.63, 3.8) is 0 Å². The summed E-state index contributed by atoms with van der Waals surface area (Å²) in [5, 5.41) is 3.01. The van der Waals surface area contributed by atoms with Gasteiger partial charge in [-0.3, -0.25) is 9.20 Å². The Bertz CT molecular complexity index is 1160. The second kappa shape index (κ2) is 11.1. The lowest BCUT2D eigenvalue weighted by Gasteiger charge is -2.21. The van der Waals surface area contributed by atoms with E-state index in [-0.39, 0.29) is 36.5 Å². The van der Waals surface area contributed by atoms with Crippen LogP contribution in [0.3, 0.4) is 0 Å². The van der Waals surface area contributed by atoms with Gasteiger partial charge in [-0.25, -0.2) is 9.78 Å². The Labute approximate surface area is 209 Å². The summed E-state index contributed by atoms with van der Waals surface area (Å²) in [5.74, 6) is 0.171. The van der Waals surface area contributed by atoms with Gasteiger partial charge in [0, 0.05) is 23.8 Å². The SMILES string of the molecule is COC(=O)NCC(=O)N(C)c1ccc(Cl)c(COc2cccn3c(Br)c(C)nc23)c1Cl.Cl. The van der Waals surface area contributed by atoms with Gasteiger partial charge in [0.1, 0.15) is 17.8 Å². The first-order chi connectivity index (χ1) is 14.7. The van der Waals surface area contributed by atoms with Crippen LogP contribution in [-0.4, -0.2) is 42.1 Å². The smallest absolute Gasteiger partial charge is 0.407 e. The normalized spacial score (nSPS) is 10.4. The third kappa shape index (κ3) is 5.40. The highest BCUT2D eigenvalue weighted by Gasteiger charge is 2.20. The highest BCUT2D eigenvalue weighted by atomic mass is 79.9. The van der Waals surface area contributed by atoms with Crippen molar-refractivity contribution in [2.45, 2.75) is 13.5 Å². The summed E-state index contributed by atoms with van der Waals surface area (Å²) in [6, 6.07) is 6.90. The monoisotopic (exact) mass is 564 g/mol. The number of hydrogen-bond donors (Lipinski definition) is 1. The van der Waals surface area contributed by atoms with E-state index >= 15 is 0 Å². The number of halogens is 4. The highest BCUT2D eigenvalue weighted by molar-refractivity contribution is 9.10. The number of carbonyl (C=O) groups excluding carboxylic acids is 2. The molecule has 12 heteroatoms. The summed E-state index contributed by atoms with van der Waals surface area (Å²) >= 11 is 16.4. The first-order valence-electron chi connectivity index (χ1n) is 9.05. The Kier molecular flexibility index (Phi) is 9.03. The number of nitrogens with zero attached hydrogens (tertiary/aromatic N) is 3. The molecule has 0 bridgehead atoms. The number of aryl methyl sites for hydroxylation is 1. The number of alkyl carbamates (subject to hydrolysis) is 1. The van der Waals surface area contributed by atoms with Crippen molar-refractivity contribution in [2.75, 3.05) is 25.6 Å². The van der Waals surface area contributed by atoms with Crippen LogP contribution in [0.4, 0.5) is 10.5 Å². The lowest BCUT2D eigenvalue weighted by Crippen LogP contribution is -2.38. The number of imidazole rings is 1. The van der Waals surface area contributed by atoms with Gasteiger partial charge in [-0.1, -0.05) is 23.2 Å². The molecular formula is C20H20BrCl3N4O4. The van der Waals surface area contributed by atoms with Gasteiger partial charge in [0.25, 0.3) is 0 Å². The number of fused-ring (bicyclic) bond motifs is 1. The average Bonchev–Trinajstić information content (AvgIpc) is 3.05. The summed E-state index contributed by atoms with van der Waals surface area (Å²) in [6.45, 7) is 1.71. The Balaban J connectivity index is 0.00000363. The average molecular weight is 567 g/mol. The molecular weight excluding hydrogens is 547 g/mol. The van der Waals surface area contributed by atoms with E-state index in [0.29, 0.717) is 27.7 Å². The molecule has 2 heterocycles. The summed E-state index contributed by atoms with van der Waals surface area (Å²) in [7, 11) is 2.77. The minimum absolute atomic E-state index is 0. The quantitative estimate of drug-likeness (QED) is 0.453. The third-order valence-corrected chi connectivity index (χ3v) is 6.29. The van der Waals surface area contributed by atoms with Crippen LogP contribution < -0.4 is 15.0 Å². The molecule has 1 N–H and O–H groups in total. The van der Waals surface area contributed by atoms with E-state index < -0.39 is 6.09 Å². The number of amides is 2. The van der Waals surface area contributed by atoms with Crippen LogP contribution in [0.1, 0.15) is 11.3 Å². The molecule has 0 saturated heterocycles. The number of benzene rings is 1. The largest absolute Gasteiger partial charge is 0.485 e. The van der Waals surface area contributed by atoms with Crippen LogP contribution in [0.5, 0.6) is 5.75 Å². The second-order valence-electron chi connectivity index (χ2n) is 6.50. The highest BCUT2D eigenvalue weighted by Crippen LogP contribution is 2.35. The standard InChI is InChI=1S/C20H19BrCl2N4O4.ClH/c1-11-18(21)27-8-4-5-15(19(27)25-11)31-10-12-13(22)6-7-14(17(12)23)26(2)16(28)9-24-20(29)30-3;/h4-8H,9-10H2,1-3H3,(H,24,29);1H. The van der Waals surface area contributed by atoms with E-state index in [1.54, 1.807) is 25.2 Å². The molecule has 32 heavy (non-hydrogen) atoms. The van der Waals surface area contributed by atoms with E-state index in [1.807, 2.05) is 23.6 Å². The van der Waals surface area contributed by atoms with Crippen molar-refractivity contribution in [1.82, 2.24) is 14.7 Å². The summed E-state index contributed by atoms with van der Waals surface area (Å²) in [5.41, 5.74) is 2.43. The van der Waals surface area contributed by atoms with E-state index in [4.69, 9.17) is 27.9 Å². The molecule has 0 fully saturated rings. The number of likely N-dealkylation sites (N-methyl/N-ethyl adjacent to an activating group) is 1. The minimum Gasteiger partial charge on any atom is -0.485 e. The number of pyridine rings is 1. The summed E-state index contributed by atoms with van der Waals surface area (Å²) < 4.78 is 13.1. The zero-order valence-electron chi connectivity index (χ0n) is 17.3. The maximum Gasteiger partial charge on any atom is 0.407 e. The number of anilines is 1. The lowest BCUT2D eigenvalue weighted by molar-refractivity contribution is -0.117. The molecule has 0 radical (unpaired) electrons. The number of carbonyl (C=O) groups is 2. The molecule has 0 atom stereocenters. The Hall–Kier alpha value is -2.20. The molecule has 172 valence electrons. The molecule has 0 aliphatic carbocycles. The van der Waals surface area contributed by atoms with Gasteiger partial charge in [-0.15, -0.1) is 12.4 Å². The van der Waals surface area contributed by atoms with E-state index in [0.717, 1.165) is 10.3 Å². The van der Waals surface area contributed by atoms with E-state index in [1.165, 1.54) is 12.0 Å². The fraction of sp³-hybridized carbons (Fsp3) is 0.250. The fourth-order valence-electron chi connectivity index (χ4n) is 2.84. The van der Waals surface area contributed by atoms with Gasteiger partial charge in [0.2, 0.25) is 5.91 Å². The van der Waals surface area contributed by atoms with Gasteiger partial charge in [-0.05, 0) is 47.1 Å². The molecule has 0 unspecified atom stereocenters. The van der Waals surface area contributed by atoms with Gasteiger partial charge in [0.15, 0.2) is 11.4 Å². The number of aromatic nitrogens is 2. The number of hydrogen-bond acceptors (Lipinski definition) is 5. The van der Waals surface area contributed by atoms with Crippen molar-refractivity contribution in [2.24, 2.45) is 0 Å². The summed E-state index contributed by atoms with van der Waals surface area (Å²) in [6.07, 6.45) is 1.17. The number of rotatable bonds is 6. The molecule has 0 aliphatic heterocycles. The van der Waals surface area contributed by atoms with Gasteiger partial charge >= 0.3 is 6.09 Å². The maximum absolute atomic E-state index is 12.4. The molecule has 0 saturated carbocycles. The molecule has 8 nitrogen and oxygen atoms in total. The predicted octanol–water partition coefficient (Wildman–Crippen LogP) is 5.03. The Morgan fingerprint density at radius 3 is 2.69 bits per heavy atom. The van der Waals surface area contributed by atoms with Crippen molar-refractivity contribution in [3.8, 4) is 5.75 Å².